The molecule has 0 radical (unpaired) electrons. The molecule has 3 atom stereocenters. The normalized spacial score (nSPS) is 26.4. The molecule has 4 aliphatic heterocycles. The Kier molecular flexibility index (Phi) is 7.80. The fraction of sp³-hybridized carbons (Fsp3) is 0.594. The highest BCUT2D eigenvalue weighted by atomic mass is 35.5. The average Bonchev–Trinajstić information content (AvgIpc) is 3.55. The van der Waals surface area contributed by atoms with E-state index in [1.54, 1.807) is 0 Å². The number of fused-ring (bicyclic) bond motifs is 2. The summed E-state index contributed by atoms with van der Waals surface area (Å²) >= 11 is 6.46. The molecule has 4 aliphatic rings. The molecule has 10 heteroatoms. The van der Waals surface area contributed by atoms with Crippen LogP contribution in [0.5, 0.6) is 0 Å². The van der Waals surface area contributed by atoms with Crippen molar-refractivity contribution in [1.82, 2.24) is 14.8 Å². The van der Waals surface area contributed by atoms with E-state index < -0.39 is 34.8 Å². The molecule has 0 aliphatic carbocycles. The van der Waals surface area contributed by atoms with Crippen molar-refractivity contribution >= 4 is 17.5 Å². The third-order valence-electron chi connectivity index (χ3n) is 9.79. The summed E-state index contributed by atoms with van der Waals surface area (Å²) in [6.07, 6.45) is 2.35. The first-order chi connectivity index (χ1) is 20.0. The minimum Gasteiger partial charge on any atom is -0.381 e. The van der Waals surface area contributed by atoms with E-state index in [1.165, 1.54) is 12.1 Å². The van der Waals surface area contributed by atoms with Gasteiger partial charge in [0.05, 0.1) is 22.3 Å². The summed E-state index contributed by atoms with van der Waals surface area (Å²) in [4.78, 5) is 27.0. The second-order valence-corrected chi connectivity index (χ2v) is 13.2. The Morgan fingerprint density at radius 2 is 1.86 bits per heavy atom. The highest BCUT2D eigenvalue weighted by Gasteiger charge is 2.56. The first kappa shape index (κ1) is 29.4. The van der Waals surface area contributed by atoms with E-state index in [4.69, 9.17) is 32.6 Å². The predicted molar refractivity (Wildman–Crippen MR) is 154 cm³/mol. The van der Waals surface area contributed by atoms with Crippen LogP contribution >= 0.6 is 11.6 Å². The van der Waals surface area contributed by atoms with Crippen molar-refractivity contribution in [2.75, 3.05) is 39.4 Å². The summed E-state index contributed by atoms with van der Waals surface area (Å²) in [6, 6.07) is 5.85. The van der Waals surface area contributed by atoms with Gasteiger partial charge in [0, 0.05) is 76.8 Å². The zero-order valence-electron chi connectivity index (χ0n) is 24.3. The molecular formula is C32H37ClF2N4O3. The largest absolute Gasteiger partial charge is 0.381 e. The van der Waals surface area contributed by atoms with Crippen LogP contribution in [0.3, 0.4) is 0 Å². The van der Waals surface area contributed by atoms with Crippen LogP contribution in [0.4, 0.5) is 8.78 Å². The molecule has 1 amide bonds. The first-order valence-corrected chi connectivity index (χ1v) is 15.2. The van der Waals surface area contributed by atoms with Crippen molar-refractivity contribution in [3.05, 3.63) is 74.9 Å². The van der Waals surface area contributed by atoms with Crippen LogP contribution in [0.25, 0.3) is 4.85 Å². The number of benzene rings is 1. The molecule has 0 bridgehead atoms. The number of rotatable bonds is 4. The van der Waals surface area contributed by atoms with E-state index in [0.29, 0.717) is 68.5 Å². The molecule has 3 saturated heterocycles. The van der Waals surface area contributed by atoms with Crippen LogP contribution in [-0.4, -0.2) is 71.7 Å². The van der Waals surface area contributed by atoms with Crippen molar-refractivity contribution in [3.63, 3.8) is 0 Å². The molecule has 0 N–H and O–H groups in total. The van der Waals surface area contributed by atoms with E-state index in [1.807, 2.05) is 31.7 Å². The molecule has 1 aromatic carbocycles. The number of carbonyl (C=O) groups excluding carboxylic acids is 1. The molecule has 5 heterocycles. The van der Waals surface area contributed by atoms with Gasteiger partial charge in [-0.2, -0.15) is 0 Å². The first-order valence-electron chi connectivity index (χ1n) is 14.8. The lowest BCUT2D eigenvalue weighted by Gasteiger charge is -2.40. The summed E-state index contributed by atoms with van der Waals surface area (Å²) < 4.78 is 41.1. The standard InChI is InChI=1S/C32H37ClF2N4O3/c1-19-26(33)16-23-28(37-19)32(42-29(23)31(2,3)36-4)9-11-38(12-10-32)30(40)25-18-39(21-7-13-41-14-8-21)17-24(25)22-6-5-20(34)15-27(22)35/h5-6,15-16,21,24-25,29H,7-14,17-18H2,1-3H3/t24-,25+,29?/m0/s1. The number of amides is 1. The van der Waals surface area contributed by atoms with E-state index >= 15 is 4.39 Å². The van der Waals surface area contributed by atoms with Gasteiger partial charge in [0.2, 0.25) is 5.91 Å². The Morgan fingerprint density at radius 3 is 2.52 bits per heavy atom. The predicted octanol–water partition coefficient (Wildman–Crippen LogP) is 5.80. The van der Waals surface area contributed by atoms with Crippen molar-refractivity contribution in [3.8, 4) is 0 Å². The smallest absolute Gasteiger partial charge is 0.256 e. The van der Waals surface area contributed by atoms with Crippen molar-refractivity contribution < 1.29 is 23.0 Å². The fourth-order valence-electron chi connectivity index (χ4n) is 7.32. The molecule has 1 aromatic heterocycles. The lowest BCUT2D eigenvalue weighted by atomic mass is 9.84. The number of carbonyl (C=O) groups is 1. The molecular weight excluding hydrogens is 562 g/mol. The molecule has 6 rings (SSSR count). The number of nitrogens with zero attached hydrogens (tertiary/aromatic N) is 4. The van der Waals surface area contributed by atoms with Gasteiger partial charge in [0.25, 0.3) is 5.54 Å². The van der Waals surface area contributed by atoms with Crippen LogP contribution in [-0.2, 0) is 19.9 Å². The van der Waals surface area contributed by atoms with Crippen LogP contribution in [0.15, 0.2) is 24.3 Å². The molecule has 1 spiro atoms. The number of pyridine rings is 1. The number of hydrogen-bond acceptors (Lipinski definition) is 5. The van der Waals surface area contributed by atoms with Gasteiger partial charge in [-0.3, -0.25) is 14.7 Å². The Bertz CT molecular complexity index is 1420. The van der Waals surface area contributed by atoms with Crippen LogP contribution in [0.1, 0.15) is 74.1 Å². The van der Waals surface area contributed by atoms with Gasteiger partial charge in [-0.15, -0.1) is 0 Å². The maximum absolute atomic E-state index is 15.1. The highest BCUT2D eigenvalue weighted by molar-refractivity contribution is 6.31. The van der Waals surface area contributed by atoms with E-state index in [2.05, 4.69) is 9.74 Å². The van der Waals surface area contributed by atoms with Gasteiger partial charge in [-0.25, -0.2) is 15.4 Å². The summed E-state index contributed by atoms with van der Waals surface area (Å²) in [5, 5.41) is 0.544. The monoisotopic (exact) mass is 598 g/mol. The molecule has 224 valence electrons. The van der Waals surface area contributed by atoms with Crippen LogP contribution in [0, 0.1) is 31.0 Å². The van der Waals surface area contributed by atoms with Crippen molar-refractivity contribution in [2.45, 2.75) is 75.7 Å². The minimum absolute atomic E-state index is 0.00959. The minimum atomic E-state index is -0.810. The quantitative estimate of drug-likeness (QED) is 0.416. The number of likely N-dealkylation sites (tertiary alicyclic amines) is 2. The number of ether oxygens (including phenoxy) is 2. The van der Waals surface area contributed by atoms with Crippen LogP contribution < -0.4 is 0 Å². The van der Waals surface area contributed by atoms with Gasteiger partial charge < -0.3 is 19.2 Å². The van der Waals surface area contributed by atoms with E-state index in [9.17, 15) is 9.18 Å². The number of hydrogen-bond donors (Lipinski definition) is 0. The topological polar surface area (TPSA) is 59.3 Å². The maximum atomic E-state index is 15.1. The second kappa shape index (κ2) is 11.1. The van der Waals surface area contributed by atoms with Crippen molar-refractivity contribution in [2.24, 2.45) is 5.92 Å². The molecule has 3 fully saturated rings. The van der Waals surface area contributed by atoms with E-state index in [-0.39, 0.29) is 17.9 Å². The van der Waals surface area contributed by atoms with Gasteiger partial charge in [0.15, 0.2) is 6.10 Å². The Labute approximate surface area is 250 Å². The van der Waals surface area contributed by atoms with Crippen molar-refractivity contribution in [1.29, 1.82) is 0 Å². The zero-order valence-corrected chi connectivity index (χ0v) is 25.1. The number of piperidine rings is 1. The zero-order chi connectivity index (χ0) is 29.8. The van der Waals surface area contributed by atoms with Crippen LogP contribution in [0.2, 0.25) is 5.02 Å². The summed E-state index contributed by atoms with van der Waals surface area (Å²) in [7, 11) is 0. The SMILES string of the molecule is [C-]#[N+]C(C)(C)C1OC2(CCN(C(=O)[C@@H]3CN(C4CCOCC4)C[C@H]3c3ccc(F)cc3F)CC2)c2nc(C)c(Cl)cc21. The third-order valence-corrected chi connectivity index (χ3v) is 10.2. The summed E-state index contributed by atoms with van der Waals surface area (Å²) in [5.74, 6) is -2.04. The number of halogens is 3. The molecule has 1 unspecified atom stereocenters. The Hall–Kier alpha value is -2.64. The number of aryl methyl sites for hydroxylation is 1. The average molecular weight is 599 g/mol. The highest BCUT2D eigenvalue weighted by Crippen LogP contribution is 2.53. The van der Waals surface area contributed by atoms with Gasteiger partial charge >= 0.3 is 0 Å². The molecule has 2 aromatic rings. The Balaban J connectivity index is 1.25. The van der Waals surface area contributed by atoms with Gasteiger partial charge in [-0.05, 0) is 50.3 Å². The van der Waals surface area contributed by atoms with Gasteiger partial charge in [-0.1, -0.05) is 17.7 Å². The lowest BCUT2D eigenvalue weighted by molar-refractivity contribution is -0.149. The maximum Gasteiger partial charge on any atom is 0.256 e. The lowest BCUT2D eigenvalue weighted by Crippen LogP contribution is -2.49. The third kappa shape index (κ3) is 5.11. The Morgan fingerprint density at radius 1 is 1.14 bits per heavy atom. The molecule has 42 heavy (non-hydrogen) atoms. The molecule has 7 nitrogen and oxygen atoms in total. The van der Waals surface area contributed by atoms with Gasteiger partial charge in [0.1, 0.15) is 17.2 Å². The number of aromatic nitrogens is 1. The second-order valence-electron chi connectivity index (χ2n) is 12.8. The summed E-state index contributed by atoms with van der Waals surface area (Å²) in [5.41, 5.74) is 1.25. The molecule has 0 saturated carbocycles. The fourth-order valence-corrected chi connectivity index (χ4v) is 7.48. The summed E-state index contributed by atoms with van der Waals surface area (Å²) in [6.45, 7) is 16.7. The van der Waals surface area contributed by atoms with E-state index in [0.717, 1.165) is 30.2 Å².